The molecule has 1 aliphatic carbocycles. The molecule has 4 nitrogen and oxygen atoms in total. The van der Waals surface area contributed by atoms with Gasteiger partial charge in [-0.25, -0.2) is 4.99 Å². The third kappa shape index (κ3) is 4.84. The molecule has 1 aromatic rings. The van der Waals surface area contributed by atoms with Crippen LogP contribution >= 0.6 is 11.3 Å². The molecule has 0 bridgehead atoms. The summed E-state index contributed by atoms with van der Waals surface area (Å²) >= 11 is 1.70. The molecule has 1 aliphatic rings. The highest BCUT2D eigenvalue weighted by atomic mass is 32.1. The zero-order valence-electron chi connectivity index (χ0n) is 11.4. The van der Waals surface area contributed by atoms with E-state index in [0.717, 1.165) is 38.2 Å². The Labute approximate surface area is 119 Å². The Hall–Kier alpha value is -1.07. The molecule has 0 aromatic carbocycles. The minimum absolute atomic E-state index is 0.108. The first-order chi connectivity index (χ1) is 9.28. The summed E-state index contributed by atoms with van der Waals surface area (Å²) in [6, 6.07) is 2.54. The lowest BCUT2D eigenvalue weighted by atomic mass is 9.93. The topological polar surface area (TPSA) is 56.7 Å². The molecule has 0 saturated heterocycles. The average molecular weight is 281 g/mol. The standard InChI is InChI=1S/C14H23N3OS/c1-2-15-14(16-9-11-7-8-19-10-11)17-12-3-5-13(18)6-4-12/h7-8,10,12-13,18H,2-6,9H2,1H3,(H2,15,16,17). The fourth-order valence-corrected chi connectivity index (χ4v) is 2.95. The van der Waals surface area contributed by atoms with Crippen LogP contribution in [0.1, 0.15) is 38.2 Å². The number of aliphatic hydroxyl groups excluding tert-OH is 1. The summed E-state index contributed by atoms with van der Waals surface area (Å²) in [5.41, 5.74) is 1.25. The Bertz CT molecular complexity index is 383. The molecule has 3 N–H and O–H groups in total. The van der Waals surface area contributed by atoms with E-state index in [0.29, 0.717) is 12.6 Å². The lowest BCUT2D eigenvalue weighted by molar-refractivity contribution is 0.120. The first-order valence-electron chi connectivity index (χ1n) is 7.02. The molecule has 106 valence electrons. The largest absolute Gasteiger partial charge is 0.393 e. The maximum atomic E-state index is 9.52. The molecule has 0 unspecified atom stereocenters. The van der Waals surface area contributed by atoms with E-state index in [1.54, 1.807) is 11.3 Å². The first kappa shape index (κ1) is 14.3. The molecule has 0 aliphatic heterocycles. The Balaban J connectivity index is 1.86. The van der Waals surface area contributed by atoms with Crippen molar-refractivity contribution in [2.24, 2.45) is 4.99 Å². The summed E-state index contributed by atoms with van der Waals surface area (Å²) in [5, 5.41) is 20.5. The fraction of sp³-hybridized carbons (Fsp3) is 0.643. The second-order valence-corrected chi connectivity index (χ2v) is 5.76. The van der Waals surface area contributed by atoms with Gasteiger partial charge in [0.25, 0.3) is 0 Å². The predicted octanol–water partition coefficient (Wildman–Crippen LogP) is 2.11. The number of guanidine groups is 1. The second kappa shape index (κ2) is 7.50. The number of hydrogen-bond acceptors (Lipinski definition) is 3. The van der Waals surface area contributed by atoms with E-state index in [1.165, 1.54) is 5.56 Å². The SMILES string of the molecule is CCNC(=NCc1ccsc1)NC1CCC(O)CC1. The molecule has 1 aromatic heterocycles. The van der Waals surface area contributed by atoms with E-state index in [2.05, 4.69) is 39.4 Å². The third-order valence-corrected chi connectivity index (χ3v) is 4.11. The van der Waals surface area contributed by atoms with Gasteiger partial charge in [0, 0.05) is 12.6 Å². The van der Waals surface area contributed by atoms with Crippen molar-refractivity contribution in [1.82, 2.24) is 10.6 Å². The molecule has 0 atom stereocenters. The summed E-state index contributed by atoms with van der Waals surface area (Å²) in [4.78, 5) is 4.61. The number of rotatable bonds is 4. The average Bonchev–Trinajstić information content (AvgIpc) is 2.92. The minimum atomic E-state index is -0.108. The van der Waals surface area contributed by atoms with Gasteiger partial charge >= 0.3 is 0 Å². The van der Waals surface area contributed by atoms with E-state index in [-0.39, 0.29) is 6.10 Å². The van der Waals surface area contributed by atoms with Gasteiger partial charge in [0.1, 0.15) is 0 Å². The zero-order chi connectivity index (χ0) is 13.5. The molecular formula is C14H23N3OS. The smallest absolute Gasteiger partial charge is 0.191 e. The van der Waals surface area contributed by atoms with E-state index < -0.39 is 0 Å². The maximum absolute atomic E-state index is 9.52. The number of thiophene rings is 1. The lowest BCUT2D eigenvalue weighted by Gasteiger charge is -2.27. The number of nitrogens with zero attached hydrogens (tertiary/aromatic N) is 1. The molecule has 1 saturated carbocycles. The van der Waals surface area contributed by atoms with Gasteiger partial charge in [0.05, 0.1) is 12.6 Å². The zero-order valence-corrected chi connectivity index (χ0v) is 12.2. The van der Waals surface area contributed by atoms with Crippen molar-refractivity contribution in [3.05, 3.63) is 22.4 Å². The number of hydrogen-bond donors (Lipinski definition) is 3. The maximum Gasteiger partial charge on any atom is 0.191 e. The highest BCUT2D eigenvalue weighted by Crippen LogP contribution is 2.18. The van der Waals surface area contributed by atoms with Crippen LogP contribution in [-0.2, 0) is 6.54 Å². The molecule has 5 heteroatoms. The van der Waals surface area contributed by atoms with Crippen LogP contribution in [0.2, 0.25) is 0 Å². The van der Waals surface area contributed by atoms with E-state index in [1.807, 2.05) is 0 Å². The van der Waals surface area contributed by atoms with Crippen LogP contribution in [0, 0.1) is 0 Å². The second-order valence-electron chi connectivity index (χ2n) is 4.98. The highest BCUT2D eigenvalue weighted by molar-refractivity contribution is 7.07. The molecule has 1 fully saturated rings. The van der Waals surface area contributed by atoms with Gasteiger partial charge in [-0.3, -0.25) is 0 Å². The summed E-state index contributed by atoms with van der Waals surface area (Å²) < 4.78 is 0. The van der Waals surface area contributed by atoms with E-state index >= 15 is 0 Å². The first-order valence-corrected chi connectivity index (χ1v) is 7.96. The van der Waals surface area contributed by atoms with Crippen LogP contribution < -0.4 is 10.6 Å². The molecule has 1 heterocycles. The summed E-state index contributed by atoms with van der Waals surface area (Å²) in [5.74, 6) is 0.884. The van der Waals surface area contributed by atoms with Gasteiger partial charge in [-0.2, -0.15) is 11.3 Å². The van der Waals surface area contributed by atoms with Gasteiger partial charge in [0.2, 0.25) is 0 Å². The van der Waals surface area contributed by atoms with Gasteiger partial charge in [-0.15, -0.1) is 0 Å². The number of nitrogens with one attached hydrogen (secondary N) is 2. The summed E-state index contributed by atoms with van der Waals surface area (Å²) in [7, 11) is 0. The van der Waals surface area contributed by atoms with Crippen molar-refractivity contribution < 1.29 is 5.11 Å². The molecule has 0 amide bonds. The Morgan fingerprint density at radius 2 is 2.21 bits per heavy atom. The van der Waals surface area contributed by atoms with Crippen LogP contribution in [0.4, 0.5) is 0 Å². The molecule has 2 rings (SSSR count). The van der Waals surface area contributed by atoms with Crippen molar-refractivity contribution in [2.45, 2.75) is 51.3 Å². The fourth-order valence-electron chi connectivity index (χ4n) is 2.29. The number of aliphatic imine (C=N–C) groups is 1. The molecule has 19 heavy (non-hydrogen) atoms. The van der Waals surface area contributed by atoms with Crippen LogP contribution in [0.5, 0.6) is 0 Å². The Morgan fingerprint density at radius 3 is 2.84 bits per heavy atom. The van der Waals surface area contributed by atoms with Crippen molar-refractivity contribution in [3.8, 4) is 0 Å². The van der Waals surface area contributed by atoms with Crippen molar-refractivity contribution >= 4 is 17.3 Å². The van der Waals surface area contributed by atoms with Crippen LogP contribution in [0.25, 0.3) is 0 Å². The molecule has 0 radical (unpaired) electrons. The van der Waals surface area contributed by atoms with Crippen molar-refractivity contribution in [1.29, 1.82) is 0 Å². The van der Waals surface area contributed by atoms with Gasteiger partial charge < -0.3 is 15.7 Å². The lowest BCUT2D eigenvalue weighted by Crippen LogP contribution is -2.45. The van der Waals surface area contributed by atoms with Crippen molar-refractivity contribution in [2.75, 3.05) is 6.54 Å². The van der Waals surface area contributed by atoms with Gasteiger partial charge in [0.15, 0.2) is 5.96 Å². The number of aliphatic hydroxyl groups is 1. The highest BCUT2D eigenvalue weighted by Gasteiger charge is 2.19. The summed E-state index contributed by atoms with van der Waals surface area (Å²) in [6.07, 6.45) is 3.71. The third-order valence-electron chi connectivity index (χ3n) is 3.38. The van der Waals surface area contributed by atoms with E-state index in [9.17, 15) is 5.11 Å². The van der Waals surface area contributed by atoms with Crippen LogP contribution in [0.3, 0.4) is 0 Å². The van der Waals surface area contributed by atoms with Crippen LogP contribution in [-0.4, -0.2) is 29.8 Å². The van der Waals surface area contributed by atoms with Crippen molar-refractivity contribution in [3.63, 3.8) is 0 Å². The Morgan fingerprint density at radius 1 is 1.42 bits per heavy atom. The minimum Gasteiger partial charge on any atom is -0.393 e. The Kier molecular flexibility index (Phi) is 5.66. The quantitative estimate of drug-likeness (QED) is 0.585. The normalized spacial score (nSPS) is 24.2. The van der Waals surface area contributed by atoms with Gasteiger partial charge in [-0.1, -0.05) is 0 Å². The monoisotopic (exact) mass is 281 g/mol. The molecular weight excluding hydrogens is 258 g/mol. The predicted molar refractivity (Wildman–Crippen MR) is 80.5 cm³/mol. The molecule has 0 spiro atoms. The summed E-state index contributed by atoms with van der Waals surface area (Å²) in [6.45, 7) is 3.66. The van der Waals surface area contributed by atoms with Gasteiger partial charge in [-0.05, 0) is 55.0 Å². The van der Waals surface area contributed by atoms with E-state index in [4.69, 9.17) is 0 Å². The van der Waals surface area contributed by atoms with Crippen LogP contribution in [0.15, 0.2) is 21.8 Å².